The molecule has 0 N–H and O–H groups in total. The smallest absolute Gasteiger partial charge is 0.236 e. The molecule has 0 unspecified atom stereocenters. The molecule has 1 amide bonds. The average Bonchev–Trinajstić information content (AvgIpc) is 2.31. The number of likely N-dealkylation sites (tertiary alicyclic amines) is 1. The molecule has 0 saturated carbocycles. The topological polar surface area (TPSA) is 44.1 Å². The van der Waals surface area contributed by atoms with Crippen LogP contribution >= 0.6 is 0 Å². The summed E-state index contributed by atoms with van der Waals surface area (Å²) >= 11 is 0. The van der Waals surface area contributed by atoms with E-state index in [2.05, 4.69) is 20.3 Å². The van der Waals surface area contributed by atoms with E-state index in [-0.39, 0.29) is 17.7 Å². The number of nitriles is 1. The van der Waals surface area contributed by atoms with Crippen LogP contribution in [0.25, 0.3) is 0 Å². The lowest BCUT2D eigenvalue weighted by molar-refractivity contribution is -0.129. The molecule has 1 aliphatic rings. The molecule has 3 nitrogen and oxygen atoms in total. The minimum Gasteiger partial charge on any atom is -0.341 e. The molecular formula is C9H13N2O. The van der Waals surface area contributed by atoms with E-state index in [1.54, 1.807) is 4.90 Å². The zero-order valence-electron chi connectivity index (χ0n) is 7.50. The fraction of sp³-hybridized carbons (Fsp3) is 0.667. The highest BCUT2D eigenvalue weighted by Gasteiger charge is 2.31. The maximum Gasteiger partial charge on any atom is 0.236 e. The molecular weight excluding hydrogens is 152 g/mol. The van der Waals surface area contributed by atoms with Gasteiger partial charge in [0.1, 0.15) is 6.42 Å². The number of nitrogens with zero attached hydrogens (tertiary/aromatic N) is 2. The van der Waals surface area contributed by atoms with E-state index in [0.717, 1.165) is 6.54 Å². The molecule has 0 atom stereocenters. The van der Waals surface area contributed by atoms with Crippen molar-refractivity contribution in [1.29, 1.82) is 5.26 Å². The lowest BCUT2D eigenvalue weighted by Gasteiger charge is -2.18. The molecule has 1 rings (SSSR count). The normalized spacial score (nSPS) is 20.6. The fourth-order valence-electron chi connectivity index (χ4n) is 1.35. The van der Waals surface area contributed by atoms with E-state index >= 15 is 0 Å². The highest BCUT2D eigenvalue weighted by atomic mass is 16.2. The minimum atomic E-state index is -0.0562. The third-order valence-corrected chi connectivity index (χ3v) is 2.05. The van der Waals surface area contributed by atoms with Gasteiger partial charge in [-0.2, -0.15) is 5.26 Å². The Morgan fingerprint density at radius 3 is 2.83 bits per heavy atom. The van der Waals surface area contributed by atoms with E-state index < -0.39 is 0 Å². The van der Waals surface area contributed by atoms with E-state index in [9.17, 15) is 4.79 Å². The van der Waals surface area contributed by atoms with Crippen LogP contribution in [0.5, 0.6) is 0 Å². The van der Waals surface area contributed by atoms with Gasteiger partial charge in [0.15, 0.2) is 0 Å². The number of hydrogen-bond acceptors (Lipinski definition) is 2. The van der Waals surface area contributed by atoms with Crippen molar-refractivity contribution >= 4 is 5.91 Å². The first-order valence-electron chi connectivity index (χ1n) is 4.04. The van der Waals surface area contributed by atoms with Crippen LogP contribution in [-0.4, -0.2) is 23.9 Å². The fourth-order valence-corrected chi connectivity index (χ4v) is 1.35. The van der Waals surface area contributed by atoms with Crippen molar-refractivity contribution in [2.24, 2.45) is 5.41 Å². The van der Waals surface area contributed by atoms with Crippen molar-refractivity contribution in [3.8, 4) is 6.07 Å². The van der Waals surface area contributed by atoms with Gasteiger partial charge in [0.25, 0.3) is 0 Å². The van der Waals surface area contributed by atoms with Crippen LogP contribution in [0.1, 0.15) is 20.3 Å². The Labute approximate surface area is 73.0 Å². The van der Waals surface area contributed by atoms with Crippen LogP contribution in [0.15, 0.2) is 0 Å². The Morgan fingerprint density at radius 1 is 1.75 bits per heavy atom. The number of carbonyl (C=O) groups is 1. The Morgan fingerprint density at radius 2 is 2.42 bits per heavy atom. The van der Waals surface area contributed by atoms with Gasteiger partial charge >= 0.3 is 0 Å². The van der Waals surface area contributed by atoms with Crippen molar-refractivity contribution in [3.05, 3.63) is 6.42 Å². The maximum atomic E-state index is 11.2. The molecule has 1 heterocycles. The van der Waals surface area contributed by atoms with Crippen molar-refractivity contribution in [2.45, 2.75) is 20.3 Å². The molecule has 1 saturated heterocycles. The first-order valence-corrected chi connectivity index (χ1v) is 4.04. The number of rotatable bonds is 1. The molecule has 12 heavy (non-hydrogen) atoms. The van der Waals surface area contributed by atoms with Crippen molar-refractivity contribution < 1.29 is 4.79 Å². The Bertz CT molecular complexity index is 227. The summed E-state index contributed by atoms with van der Waals surface area (Å²) in [5.41, 5.74) is 0.116. The second kappa shape index (κ2) is 3.14. The van der Waals surface area contributed by atoms with Crippen LogP contribution in [0.2, 0.25) is 0 Å². The van der Waals surface area contributed by atoms with Crippen LogP contribution in [0, 0.1) is 23.2 Å². The van der Waals surface area contributed by atoms with Gasteiger partial charge in [-0.3, -0.25) is 4.79 Å². The number of carbonyl (C=O) groups excluding carboxylic acids is 1. The molecule has 0 aromatic carbocycles. The minimum absolute atomic E-state index is 0.00389. The lowest BCUT2D eigenvalue weighted by Crippen LogP contribution is -2.29. The van der Waals surface area contributed by atoms with Gasteiger partial charge in [-0.25, -0.2) is 0 Å². The first-order chi connectivity index (χ1) is 5.55. The van der Waals surface area contributed by atoms with Crippen LogP contribution in [-0.2, 0) is 4.79 Å². The zero-order valence-corrected chi connectivity index (χ0v) is 7.50. The zero-order chi connectivity index (χ0) is 9.19. The molecule has 0 aromatic heterocycles. The van der Waals surface area contributed by atoms with E-state index in [0.29, 0.717) is 6.54 Å². The summed E-state index contributed by atoms with van der Waals surface area (Å²) < 4.78 is 0. The Hall–Kier alpha value is -1.04. The highest BCUT2D eigenvalue weighted by Crippen LogP contribution is 2.27. The summed E-state index contributed by atoms with van der Waals surface area (Å²) in [6.45, 7) is 5.61. The van der Waals surface area contributed by atoms with Gasteiger partial charge in [-0.1, -0.05) is 13.8 Å². The first kappa shape index (κ1) is 9.05. The second-order valence-corrected chi connectivity index (χ2v) is 3.80. The van der Waals surface area contributed by atoms with Gasteiger partial charge in [-0.05, 0) is 11.8 Å². The van der Waals surface area contributed by atoms with Crippen LogP contribution in [0.3, 0.4) is 0 Å². The van der Waals surface area contributed by atoms with Gasteiger partial charge < -0.3 is 4.90 Å². The van der Waals surface area contributed by atoms with E-state index in [1.165, 1.54) is 0 Å². The number of amides is 1. The van der Waals surface area contributed by atoms with Gasteiger partial charge in [-0.15, -0.1) is 0 Å². The average molecular weight is 165 g/mol. The molecule has 0 bridgehead atoms. The molecule has 3 heteroatoms. The second-order valence-electron chi connectivity index (χ2n) is 3.80. The standard InChI is InChI=1S/C9H13N2O/c1-9(2)4-6-11(7-9)8(12)3-5-10/h4H,3,6-7H2,1-2H3. The summed E-state index contributed by atoms with van der Waals surface area (Å²) in [5, 5.41) is 8.32. The lowest BCUT2D eigenvalue weighted by atomic mass is 9.93. The summed E-state index contributed by atoms with van der Waals surface area (Å²) in [4.78, 5) is 12.9. The predicted octanol–water partition coefficient (Wildman–Crippen LogP) is 0.973. The molecule has 65 valence electrons. The summed E-state index contributed by atoms with van der Waals surface area (Å²) in [7, 11) is 0. The monoisotopic (exact) mass is 165 g/mol. The quantitative estimate of drug-likeness (QED) is 0.581. The van der Waals surface area contributed by atoms with Crippen molar-refractivity contribution in [3.63, 3.8) is 0 Å². The molecule has 1 fully saturated rings. The Kier molecular flexibility index (Phi) is 2.37. The van der Waals surface area contributed by atoms with Crippen LogP contribution < -0.4 is 0 Å². The maximum absolute atomic E-state index is 11.2. The predicted molar refractivity (Wildman–Crippen MR) is 44.9 cm³/mol. The van der Waals surface area contributed by atoms with Crippen LogP contribution in [0.4, 0.5) is 0 Å². The van der Waals surface area contributed by atoms with Gasteiger partial charge in [0.05, 0.1) is 6.07 Å². The van der Waals surface area contributed by atoms with E-state index in [4.69, 9.17) is 5.26 Å². The summed E-state index contributed by atoms with van der Waals surface area (Å²) in [6, 6.07) is 1.87. The number of hydrogen-bond donors (Lipinski definition) is 0. The van der Waals surface area contributed by atoms with Gasteiger partial charge in [0, 0.05) is 13.1 Å². The SMILES string of the molecule is CC1(C)[CH]CN(C(=O)CC#N)C1. The molecule has 0 aliphatic carbocycles. The molecule has 1 aliphatic heterocycles. The molecule has 1 radical (unpaired) electrons. The largest absolute Gasteiger partial charge is 0.341 e. The summed E-state index contributed by atoms with van der Waals surface area (Å²) in [5.74, 6) is -0.0562. The van der Waals surface area contributed by atoms with Gasteiger partial charge in [0.2, 0.25) is 5.91 Å². The summed E-state index contributed by atoms with van der Waals surface area (Å²) in [6.07, 6.45) is 2.12. The third kappa shape index (κ3) is 1.97. The molecule has 0 spiro atoms. The Balaban J connectivity index is 2.48. The van der Waals surface area contributed by atoms with Crippen molar-refractivity contribution in [2.75, 3.05) is 13.1 Å². The third-order valence-electron chi connectivity index (χ3n) is 2.05. The highest BCUT2D eigenvalue weighted by molar-refractivity contribution is 5.78. The van der Waals surface area contributed by atoms with Crippen molar-refractivity contribution in [1.82, 2.24) is 4.90 Å². The molecule has 0 aromatic rings. The van der Waals surface area contributed by atoms with E-state index in [1.807, 2.05) is 6.07 Å².